The number of sulfonamides is 1. The van der Waals surface area contributed by atoms with Crippen LogP contribution in [-0.2, 0) is 10.0 Å². The highest BCUT2D eigenvalue weighted by atomic mass is 32.2. The van der Waals surface area contributed by atoms with Crippen molar-refractivity contribution in [1.29, 1.82) is 0 Å². The van der Waals surface area contributed by atoms with E-state index in [4.69, 9.17) is 14.5 Å². The number of ether oxygens (including phenoxy) is 2. The summed E-state index contributed by atoms with van der Waals surface area (Å²) in [5, 5.41) is 0. The lowest BCUT2D eigenvalue weighted by atomic mass is 9.79. The van der Waals surface area contributed by atoms with Gasteiger partial charge >= 0.3 is 0 Å². The minimum absolute atomic E-state index is 0.00656. The maximum absolute atomic E-state index is 13.2. The number of nitrogens with zero attached hydrogens (tertiary/aromatic N) is 2. The number of piperidine rings is 1. The van der Waals surface area contributed by atoms with Gasteiger partial charge in [-0.05, 0) is 74.1 Å². The van der Waals surface area contributed by atoms with Crippen LogP contribution in [0.4, 0.5) is 10.1 Å². The van der Waals surface area contributed by atoms with Crippen LogP contribution in [0.3, 0.4) is 0 Å². The zero-order chi connectivity index (χ0) is 25.4. The lowest BCUT2D eigenvalue weighted by Gasteiger charge is -2.39. The van der Waals surface area contributed by atoms with Gasteiger partial charge in [0.15, 0.2) is 11.5 Å². The number of methoxy groups -OCH3 is 2. The molecule has 36 heavy (non-hydrogen) atoms. The van der Waals surface area contributed by atoms with E-state index < -0.39 is 15.8 Å². The number of hydrogen-bond donors (Lipinski definition) is 1. The molecule has 3 aromatic carbocycles. The average molecular weight is 510 g/mol. The fraction of sp³-hybridized carbons (Fsp3) is 0.296. The molecule has 0 aromatic heterocycles. The third kappa shape index (κ3) is 4.56. The number of nitrogens with one attached hydrogen (secondary N) is 1. The van der Waals surface area contributed by atoms with E-state index in [2.05, 4.69) is 22.7 Å². The SMILES string of the molecule is COc1cc2c(cc1OC)C1CN(C)CCC1N=C2c1ccc(NS(=O)(=O)c2ccc(F)cc2)cc1. The molecule has 0 aliphatic carbocycles. The van der Waals surface area contributed by atoms with Crippen LogP contribution in [0.25, 0.3) is 0 Å². The second kappa shape index (κ2) is 9.55. The Morgan fingerprint density at radius 2 is 1.67 bits per heavy atom. The highest BCUT2D eigenvalue weighted by molar-refractivity contribution is 7.92. The predicted molar refractivity (Wildman–Crippen MR) is 137 cm³/mol. The number of hydrogen-bond acceptors (Lipinski definition) is 6. The molecule has 0 spiro atoms. The van der Waals surface area contributed by atoms with E-state index in [0.29, 0.717) is 17.2 Å². The predicted octanol–water partition coefficient (Wildman–Crippen LogP) is 4.28. The van der Waals surface area contributed by atoms with E-state index >= 15 is 0 Å². The van der Waals surface area contributed by atoms with Gasteiger partial charge in [-0.25, -0.2) is 12.8 Å². The molecule has 0 radical (unpaired) electrons. The quantitative estimate of drug-likeness (QED) is 0.537. The molecule has 0 saturated carbocycles. The van der Waals surface area contributed by atoms with E-state index in [1.54, 1.807) is 26.4 Å². The monoisotopic (exact) mass is 509 g/mol. The Morgan fingerprint density at radius 1 is 1.00 bits per heavy atom. The summed E-state index contributed by atoms with van der Waals surface area (Å²) in [6.45, 7) is 1.89. The van der Waals surface area contributed by atoms with Gasteiger partial charge in [0.2, 0.25) is 0 Å². The minimum atomic E-state index is -3.84. The largest absolute Gasteiger partial charge is 0.493 e. The standard InChI is InChI=1S/C27H28FN3O4S/c1-31-13-12-24-23(16-31)21-14-25(34-2)26(35-3)15-22(21)27(29-24)17-4-8-19(9-5-17)30-36(32,33)20-10-6-18(28)7-11-20/h4-11,14-15,23-24,30H,12-13,16H2,1-3H3. The van der Waals surface area contributed by atoms with Crippen molar-refractivity contribution in [3.05, 3.63) is 83.2 Å². The lowest BCUT2D eigenvalue weighted by Crippen LogP contribution is -2.41. The maximum atomic E-state index is 13.2. The van der Waals surface area contributed by atoms with Crippen LogP contribution in [0.1, 0.15) is 29.0 Å². The van der Waals surface area contributed by atoms with Crippen molar-refractivity contribution in [1.82, 2.24) is 4.90 Å². The van der Waals surface area contributed by atoms with Gasteiger partial charge in [-0.3, -0.25) is 9.71 Å². The summed E-state index contributed by atoms with van der Waals surface area (Å²) < 4.78 is 52.3. The van der Waals surface area contributed by atoms with Gasteiger partial charge in [0.25, 0.3) is 10.0 Å². The number of benzene rings is 3. The molecule has 2 heterocycles. The van der Waals surface area contributed by atoms with Crippen molar-refractivity contribution in [2.45, 2.75) is 23.3 Å². The molecular weight excluding hydrogens is 481 g/mol. The Hall–Kier alpha value is -3.43. The third-order valence-electron chi connectivity index (χ3n) is 6.82. The van der Waals surface area contributed by atoms with E-state index in [1.165, 1.54) is 17.7 Å². The summed E-state index contributed by atoms with van der Waals surface area (Å²) in [6.07, 6.45) is 0.952. The molecule has 1 saturated heterocycles. The summed E-state index contributed by atoms with van der Waals surface area (Å²) in [7, 11) is 1.54. The van der Waals surface area contributed by atoms with Crippen molar-refractivity contribution < 1.29 is 22.3 Å². The second-order valence-electron chi connectivity index (χ2n) is 9.13. The minimum Gasteiger partial charge on any atom is -0.493 e. The van der Waals surface area contributed by atoms with Gasteiger partial charge in [-0.2, -0.15) is 0 Å². The first-order valence-electron chi connectivity index (χ1n) is 11.7. The van der Waals surface area contributed by atoms with Crippen LogP contribution < -0.4 is 14.2 Å². The van der Waals surface area contributed by atoms with Crippen LogP contribution in [0, 0.1) is 5.82 Å². The Morgan fingerprint density at radius 3 is 2.33 bits per heavy atom. The number of likely N-dealkylation sites (tertiary alicyclic amines) is 1. The normalized spacial score (nSPS) is 19.6. The summed E-state index contributed by atoms with van der Waals surface area (Å²) >= 11 is 0. The smallest absolute Gasteiger partial charge is 0.261 e. The molecule has 188 valence electrons. The van der Waals surface area contributed by atoms with Gasteiger partial charge in [0.1, 0.15) is 5.82 Å². The Bertz CT molecular complexity index is 1410. The molecule has 2 unspecified atom stereocenters. The van der Waals surface area contributed by atoms with Crippen molar-refractivity contribution in [3.63, 3.8) is 0 Å². The molecule has 7 nitrogen and oxygen atoms in total. The maximum Gasteiger partial charge on any atom is 0.261 e. The molecule has 2 aliphatic heterocycles. The third-order valence-corrected chi connectivity index (χ3v) is 8.22. The first kappa shape index (κ1) is 24.3. The Labute approximate surface area is 210 Å². The number of fused-ring (bicyclic) bond motifs is 3. The Kier molecular flexibility index (Phi) is 6.44. The van der Waals surface area contributed by atoms with Crippen molar-refractivity contribution in [2.75, 3.05) is 39.1 Å². The highest BCUT2D eigenvalue weighted by Crippen LogP contribution is 2.42. The lowest BCUT2D eigenvalue weighted by molar-refractivity contribution is 0.227. The average Bonchev–Trinajstić information content (AvgIpc) is 2.88. The summed E-state index contributed by atoms with van der Waals surface area (Å²) in [5.74, 6) is 1.09. The van der Waals surface area contributed by atoms with Crippen molar-refractivity contribution in [3.8, 4) is 11.5 Å². The number of aliphatic imine (C=N–C) groups is 1. The van der Waals surface area contributed by atoms with Gasteiger partial charge in [0.05, 0.1) is 30.9 Å². The summed E-state index contributed by atoms with van der Waals surface area (Å²) in [4.78, 5) is 7.48. The molecule has 2 aliphatic rings. The van der Waals surface area contributed by atoms with Gasteiger partial charge in [-0.1, -0.05) is 12.1 Å². The fourth-order valence-electron chi connectivity index (χ4n) is 4.96. The number of halogens is 1. The molecule has 0 bridgehead atoms. The first-order chi connectivity index (χ1) is 17.3. The zero-order valence-corrected chi connectivity index (χ0v) is 21.2. The van der Waals surface area contributed by atoms with E-state index in [-0.39, 0.29) is 16.9 Å². The number of anilines is 1. The molecule has 2 atom stereocenters. The molecule has 5 rings (SSSR count). The summed E-state index contributed by atoms with van der Waals surface area (Å²) in [5.41, 5.74) is 4.30. The van der Waals surface area contributed by atoms with Gasteiger partial charge in [0, 0.05) is 29.3 Å². The van der Waals surface area contributed by atoms with Gasteiger partial charge in [-0.15, -0.1) is 0 Å². The highest BCUT2D eigenvalue weighted by Gasteiger charge is 2.36. The summed E-state index contributed by atoms with van der Waals surface area (Å²) in [6, 6.07) is 16.0. The van der Waals surface area contributed by atoms with Crippen LogP contribution in [0.5, 0.6) is 11.5 Å². The van der Waals surface area contributed by atoms with Crippen LogP contribution in [-0.4, -0.2) is 59.4 Å². The molecule has 1 N–H and O–H groups in total. The number of likely N-dealkylation sites (N-methyl/N-ethyl adjacent to an activating group) is 1. The van der Waals surface area contributed by atoms with Crippen LogP contribution in [0.2, 0.25) is 0 Å². The van der Waals surface area contributed by atoms with Crippen molar-refractivity contribution in [2.24, 2.45) is 4.99 Å². The van der Waals surface area contributed by atoms with Gasteiger partial charge < -0.3 is 14.4 Å². The topological polar surface area (TPSA) is 80.2 Å². The zero-order valence-electron chi connectivity index (χ0n) is 20.4. The number of rotatable bonds is 6. The Balaban J connectivity index is 1.49. The van der Waals surface area contributed by atoms with E-state index in [1.807, 2.05) is 18.2 Å². The first-order valence-corrected chi connectivity index (χ1v) is 13.2. The van der Waals surface area contributed by atoms with E-state index in [0.717, 1.165) is 48.5 Å². The second-order valence-corrected chi connectivity index (χ2v) is 10.8. The molecule has 0 amide bonds. The molecule has 3 aromatic rings. The van der Waals surface area contributed by atoms with E-state index in [9.17, 15) is 12.8 Å². The van der Waals surface area contributed by atoms with Crippen LogP contribution >= 0.6 is 0 Å². The van der Waals surface area contributed by atoms with Crippen LogP contribution in [0.15, 0.2) is 70.6 Å². The molecule has 9 heteroatoms. The van der Waals surface area contributed by atoms with Crippen molar-refractivity contribution >= 4 is 21.4 Å². The molecule has 1 fully saturated rings. The molecular formula is C27H28FN3O4S. The fourth-order valence-corrected chi connectivity index (χ4v) is 6.02.